The van der Waals surface area contributed by atoms with E-state index in [2.05, 4.69) is 5.10 Å². The molecular weight excluding hydrogens is 291 g/mol. The summed E-state index contributed by atoms with van der Waals surface area (Å²) in [7, 11) is 0. The van der Waals surface area contributed by atoms with E-state index in [1.807, 2.05) is 29.9 Å². The van der Waals surface area contributed by atoms with Crippen molar-refractivity contribution in [3.63, 3.8) is 0 Å². The molecule has 1 unspecified atom stereocenters. The zero-order valence-electron chi connectivity index (χ0n) is 9.91. The topological polar surface area (TPSA) is 17.8 Å². The fourth-order valence-electron chi connectivity index (χ4n) is 1.69. The molecule has 18 heavy (non-hydrogen) atoms. The molecule has 5 heteroatoms. The lowest BCUT2D eigenvalue weighted by Crippen LogP contribution is -2.00. The molecule has 0 radical (unpaired) electrons. The van der Waals surface area contributed by atoms with Crippen LogP contribution in [0.2, 0.25) is 10.0 Å². The lowest BCUT2D eigenvalue weighted by atomic mass is 10.2. The molecule has 1 atom stereocenters. The maximum absolute atomic E-state index is 6.16. The van der Waals surface area contributed by atoms with E-state index in [-0.39, 0.29) is 5.38 Å². The van der Waals surface area contributed by atoms with Gasteiger partial charge in [0.1, 0.15) is 0 Å². The average molecular weight is 304 g/mol. The first kappa shape index (κ1) is 13.7. The number of hydrogen-bond acceptors (Lipinski definition) is 1. The number of rotatable bonds is 4. The Kier molecular flexibility index (Phi) is 4.55. The van der Waals surface area contributed by atoms with Crippen molar-refractivity contribution in [2.45, 2.75) is 25.3 Å². The molecule has 2 rings (SSSR count). The summed E-state index contributed by atoms with van der Waals surface area (Å²) in [4.78, 5) is 0. The van der Waals surface area contributed by atoms with Crippen LogP contribution in [0.25, 0.3) is 0 Å². The van der Waals surface area contributed by atoms with E-state index in [1.165, 1.54) is 0 Å². The standard InChI is InChI=1S/C13H13Cl3N2/c1-2-12(15)10-6-17-18(8-10)7-9-3-4-11(14)5-13(9)16/h3-6,8,12H,2,7H2,1H3. The highest BCUT2D eigenvalue weighted by atomic mass is 35.5. The predicted molar refractivity (Wildman–Crippen MR) is 76.7 cm³/mol. The minimum Gasteiger partial charge on any atom is -0.268 e. The summed E-state index contributed by atoms with van der Waals surface area (Å²) in [5.41, 5.74) is 2.02. The van der Waals surface area contributed by atoms with E-state index in [0.717, 1.165) is 17.5 Å². The maximum atomic E-state index is 6.16. The third-order valence-corrected chi connectivity index (χ3v) is 3.87. The summed E-state index contributed by atoms with van der Waals surface area (Å²) in [6.07, 6.45) is 4.63. The molecule has 0 aliphatic heterocycles. The first-order valence-electron chi connectivity index (χ1n) is 5.70. The van der Waals surface area contributed by atoms with E-state index in [1.54, 1.807) is 12.3 Å². The van der Waals surface area contributed by atoms with Crippen molar-refractivity contribution < 1.29 is 0 Å². The number of aromatic nitrogens is 2. The van der Waals surface area contributed by atoms with Gasteiger partial charge in [-0.2, -0.15) is 5.10 Å². The Morgan fingerprint density at radius 2 is 2.11 bits per heavy atom. The molecule has 1 heterocycles. The van der Waals surface area contributed by atoms with Crippen LogP contribution in [-0.2, 0) is 6.54 Å². The van der Waals surface area contributed by atoms with Gasteiger partial charge in [-0.1, -0.05) is 36.2 Å². The first-order chi connectivity index (χ1) is 8.60. The highest BCUT2D eigenvalue weighted by Crippen LogP contribution is 2.24. The maximum Gasteiger partial charge on any atom is 0.0674 e. The number of halogens is 3. The van der Waals surface area contributed by atoms with E-state index in [4.69, 9.17) is 34.8 Å². The highest BCUT2D eigenvalue weighted by Gasteiger charge is 2.09. The Morgan fingerprint density at radius 1 is 1.33 bits per heavy atom. The largest absolute Gasteiger partial charge is 0.268 e. The summed E-state index contributed by atoms with van der Waals surface area (Å²) < 4.78 is 1.83. The summed E-state index contributed by atoms with van der Waals surface area (Å²) in [6, 6.07) is 5.47. The van der Waals surface area contributed by atoms with Crippen LogP contribution in [0.15, 0.2) is 30.6 Å². The quantitative estimate of drug-likeness (QED) is 0.732. The van der Waals surface area contributed by atoms with Gasteiger partial charge in [-0.3, -0.25) is 4.68 Å². The number of alkyl halides is 1. The lowest BCUT2D eigenvalue weighted by molar-refractivity contribution is 0.686. The van der Waals surface area contributed by atoms with Gasteiger partial charge in [0.25, 0.3) is 0 Å². The monoisotopic (exact) mass is 302 g/mol. The van der Waals surface area contributed by atoms with Crippen molar-refractivity contribution in [3.8, 4) is 0 Å². The predicted octanol–water partition coefficient (Wildman–Crippen LogP) is 4.93. The molecule has 1 aromatic heterocycles. The first-order valence-corrected chi connectivity index (χ1v) is 6.89. The molecule has 0 fully saturated rings. The molecular formula is C13H13Cl3N2. The summed E-state index contributed by atoms with van der Waals surface area (Å²) >= 11 is 18.1. The summed E-state index contributed by atoms with van der Waals surface area (Å²) in [6.45, 7) is 2.66. The zero-order valence-corrected chi connectivity index (χ0v) is 12.2. The summed E-state index contributed by atoms with van der Waals surface area (Å²) in [5.74, 6) is 0. The molecule has 0 N–H and O–H groups in total. The molecule has 0 aliphatic carbocycles. The van der Waals surface area contributed by atoms with Gasteiger partial charge in [-0.25, -0.2) is 0 Å². The highest BCUT2D eigenvalue weighted by molar-refractivity contribution is 6.35. The van der Waals surface area contributed by atoms with Gasteiger partial charge in [0.2, 0.25) is 0 Å². The third-order valence-electron chi connectivity index (χ3n) is 2.72. The van der Waals surface area contributed by atoms with Crippen LogP contribution in [-0.4, -0.2) is 9.78 Å². The second-order valence-electron chi connectivity index (χ2n) is 4.08. The van der Waals surface area contributed by atoms with Crippen LogP contribution < -0.4 is 0 Å². The van der Waals surface area contributed by atoms with Crippen LogP contribution in [0.4, 0.5) is 0 Å². The van der Waals surface area contributed by atoms with Gasteiger partial charge >= 0.3 is 0 Å². The van der Waals surface area contributed by atoms with Crippen molar-refractivity contribution in [2.75, 3.05) is 0 Å². The lowest BCUT2D eigenvalue weighted by Gasteiger charge is -2.05. The second kappa shape index (κ2) is 5.96. The Labute approximate surface area is 121 Å². The van der Waals surface area contributed by atoms with Crippen LogP contribution in [0.3, 0.4) is 0 Å². The van der Waals surface area contributed by atoms with Crippen molar-refractivity contribution in [3.05, 3.63) is 51.8 Å². The molecule has 96 valence electrons. The molecule has 0 saturated carbocycles. The number of benzene rings is 1. The van der Waals surface area contributed by atoms with Gasteiger partial charge in [-0.05, 0) is 24.1 Å². The molecule has 0 aliphatic rings. The molecule has 2 nitrogen and oxygen atoms in total. The Morgan fingerprint density at radius 3 is 2.78 bits per heavy atom. The Hall–Kier alpha value is -0.700. The van der Waals surface area contributed by atoms with E-state index in [0.29, 0.717) is 16.6 Å². The Balaban J connectivity index is 2.16. The number of nitrogens with zero attached hydrogens (tertiary/aromatic N) is 2. The van der Waals surface area contributed by atoms with E-state index < -0.39 is 0 Å². The Bertz CT molecular complexity index is 537. The van der Waals surface area contributed by atoms with Gasteiger partial charge < -0.3 is 0 Å². The smallest absolute Gasteiger partial charge is 0.0674 e. The average Bonchev–Trinajstić information content (AvgIpc) is 2.80. The molecule has 0 amide bonds. The molecule has 2 aromatic rings. The zero-order chi connectivity index (χ0) is 13.1. The van der Waals surface area contributed by atoms with Crippen LogP contribution >= 0.6 is 34.8 Å². The fraction of sp³-hybridized carbons (Fsp3) is 0.308. The molecule has 0 spiro atoms. The van der Waals surface area contributed by atoms with E-state index in [9.17, 15) is 0 Å². The molecule has 1 aromatic carbocycles. The minimum absolute atomic E-state index is 0.0134. The SMILES string of the molecule is CCC(Cl)c1cnn(Cc2ccc(Cl)cc2Cl)c1. The second-order valence-corrected chi connectivity index (χ2v) is 5.45. The van der Waals surface area contributed by atoms with Gasteiger partial charge in [0, 0.05) is 21.8 Å². The third kappa shape index (κ3) is 3.19. The van der Waals surface area contributed by atoms with Crippen molar-refractivity contribution in [1.29, 1.82) is 0 Å². The van der Waals surface area contributed by atoms with Crippen LogP contribution in [0.5, 0.6) is 0 Å². The summed E-state index contributed by atoms with van der Waals surface area (Å²) in [5, 5.41) is 5.58. The van der Waals surface area contributed by atoms with Crippen molar-refractivity contribution in [2.24, 2.45) is 0 Å². The molecule has 0 saturated heterocycles. The normalized spacial score (nSPS) is 12.7. The van der Waals surface area contributed by atoms with E-state index >= 15 is 0 Å². The van der Waals surface area contributed by atoms with Gasteiger partial charge in [0.05, 0.1) is 18.1 Å². The van der Waals surface area contributed by atoms with Crippen molar-refractivity contribution >= 4 is 34.8 Å². The molecule has 0 bridgehead atoms. The van der Waals surface area contributed by atoms with Crippen LogP contribution in [0, 0.1) is 0 Å². The minimum atomic E-state index is 0.0134. The van der Waals surface area contributed by atoms with Crippen LogP contribution in [0.1, 0.15) is 29.8 Å². The number of hydrogen-bond donors (Lipinski definition) is 0. The van der Waals surface area contributed by atoms with Gasteiger partial charge in [0.15, 0.2) is 0 Å². The fourth-order valence-corrected chi connectivity index (χ4v) is 2.27. The van der Waals surface area contributed by atoms with Gasteiger partial charge in [-0.15, -0.1) is 11.6 Å². The van der Waals surface area contributed by atoms with Crippen molar-refractivity contribution in [1.82, 2.24) is 9.78 Å².